The van der Waals surface area contributed by atoms with E-state index in [9.17, 15) is 0 Å². The van der Waals surface area contributed by atoms with Gasteiger partial charge in [0.1, 0.15) is 5.76 Å². The van der Waals surface area contributed by atoms with Crippen LogP contribution >= 0.6 is 31.9 Å². The zero-order valence-electron chi connectivity index (χ0n) is 13.0. The molecule has 0 aromatic rings. The summed E-state index contributed by atoms with van der Waals surface area (Å²) in [6.45, 7) is 15.7. The molecule has 3 heteroatoms. The zero-order valence-corrected chi connectivity index (χ0v) is 16.2. The van der Waals surface area contributed by atoms with Crippen LogP contribution in [0.3, 0.4) is 0 Å². The summed E-state index contributed by atoms with van der Waals surface area (Å²) < 4.78 is 5.90. The molecule has 20 heavy (non-hydrogen) atoms. The van der Waals surface area contributed by atoms with Gasteiger partial charge in [-0.2, -0.15) is 0 Å². The molecule has 1 fully saturated rings. The minimum absolute atomic E-state index is 0.0260. The number of ether oxygens (including phenoxy) is 1. The van der Waals surface area contributed by atoms with Gasteiger partial charge in [-0.05, 0) is 58.2 Å². The van der Waals surface area contributed by atoms with Gasteiger partial charge in [-0.3, -0.25) is 0 Å². The van der Waals surface area contributed by atoms with Crippen LogP contribution in [0, 0.1) is 10.8 Å². The van der Waals surface area contributed by atoms with E-state index >= 15 is 0 Å². The SMILES string of the molecule is C=C1/C(=C\C2=C(C)C(C)(C)CCC2(C)C)OC(Br)C1Br. The van der Waals surface area contributed by atoms with Crippen molar-refractivity contribution >= 4 is 31.9 Å². The Morgan fingerprint density at radius 2 is 1.70 bits per heavy atom. The highest BCUT2D eigenvalue weighted by Crippen LogP contribution is 2.50. The maximum atomic E-state index is 5.90. The molecule has 2 aliphatic rings. The Kier molecular flexibility index (Phi) is 4.34. The Morgan fingerprint density at radius 1 is 1.15 bits per heavy atom. The fourth-order valence-corrected chi connectivity index (χ4v) is 3.79. The average Bonchev–Trinajstić information content (AvgIpc) is 2.59. The summed E-state index contributed by atoms with van der Waals surface area (Å²) >= 11 is 7.14. The molecule has 0 radical (unpaired) electrons. The largest absolute Gasteiger partial charge is 0.477 e. The molecule has 1 heterocycles. The first-order chi connectivity index (χ1) is 9.06. The van der Waals surface area contributed by atoms with E-state index in [2.05, 4.69) is 79.1 Å². The van der Waals surface area contributed by atoms with Crippen molar-refractivity contribution in [2.24, 2.45) is 10.8 Å². The molecule has 0 aromatic carbocycles. The number of rotatable bonds is 1. The molecule has 1 aliphatic heterocycles. The summed E-state index contributed by atoms with van der Waals surface area (Å²) in [5, 5.41) is -0.0260. The third-order valence-corrected chi connectivity index (χ3v) is 7.38. The fraction of sp³-hybridized carbons (Fsp3) is 0.647. The normalized spacial score (nSPS) is 34.5. The highest BCUT2D eigenvalue weighted by Gasteiger charge is 2.38. The number of hydrogen-bond donors (Lipinski definition) is 0. The van der Waals surface area contributed by atoms with Crippen LogP contribution < -0.4 is 0 Å². The summed E-state index contributed by atoms with van der Waals surface area (Å²) in [5.41, 5.74) is 4.37. The van der Waals surface area contributed by atoms with Crippen LogP contribution in [0.5, 0.6) is 0 Å². The van der Waals surface area contributed by atoms with Gasteiger partial charge < -0.3 is 4.74 Å². The molecule has 0 saturated carbocycles. The van der Waals surface area contributed by atoms with Crippen molar-refractivity contribution in [1.82, 2.24) is 0 Å². The Balaban J connectivity index is 2.47. The van der Waals surface area contributed by atoms with Gasteiger partial charge in [0, 0.05) is 5.57 Å². The first kappa shape index (κ1) is 16.4. The van der Waals surface area contributed by atoms with E-state index in [4.69, 9.17) is 4.74 Å². The Hall–Kier alpha value is -0.0200. The summed E-state index contributed by atoms with van der Waals surface area (Å²) in [4.78, 5) is 0.148. The quantitative estimate of drug-likeness (QED) is 0.480. The number of hydrogen-bond acceptors (Lipinski definition) is 1. The lowest BCUT2D eigenvalue weighted by Crippen LogP contribution is -2.29. The van der Waals surface area contributed by atoms with Gasteiger partial charge in [-0.1, -0.05) is 55.8 Å². The molecule has 0 bridgehead atoms. The smallest absolute Gasteiger partial charge is 0.169 e. The van der Waals surface area contributed by atoms with Gasteiger partial charge in [-0.25, -0.2) is 0 Å². The van der Waals surface area contributed by atoms with Crippen molar-refractivity contribution in [1.29, 1.82) is 0 Å². The third-order valence-electron chi connectivity index (χ3n) is 4.92. The van der Waals surface area contributed by atoms with E-state index in [0.29, 0.717) is 0 Å². The van der Waals surface area contributed by atoms with Crippen molar-refractivity contribution in [2.45, 2.75) is 57.3 Å². The molecule has 0 spiro atoms. The fourth-order valence-electron chi connectivity index (χ4n) is 2.93. The highest BCUT2D eigenvalue weighted by atomic mass is 79.9. The van der Waals surface area contributed by atoms with E-state index < -0.39 is 0 Å². The lowest BCUT2D eigenvalue weighted by atomic mass is 9.63. The first-order valence-corrected chi connectivity index (χ1v) is 8.97. The van der Waals surface area contributed by atoms with Crippen molar-refractivity contribution < 1.29 is 4.74 Å². The summed E-state index contributed by atoms with van der Waals surface area (Å²) in [6, 6.07) is 0. The summed E-state index contributed by atoms with van der Waals surface area (Å²) in [6.07, 6.45) is 4.66. The zero-order chi connectivity index (χ0) is 15.3. The van der Waals surface area contributed by atoms with Crippen LogP contribution in [0.1, 0.15) is 47.5 Å². The van der Waals surface area contributed by atoms with Gasteiger partial charge in [0.05, 0.1) is 4.83 Å². The number of halogens is 2. The van der Waals surface area contributed by atoms with E-state index in [1.807, 2.05) is 0 Å². The average molecular weight is 404 g/mol. The van der Waals surface area contributed by atoms with Gasteiger partial charge in [0.2, 0.25) is 0 Å². The Labute approximate surface area is 139 Å². The second-order valence-electron chi connectivity index (χ2n) is 7.21. The standard InChI is InChI=1S/C17H24Br2O/c1-10-13(20-15(19)14(10)18)9-12-11(2)16(3,4)7-8-17(12,5)6/h9,14-15H,1,7-8H2,2-6H3/b13-9+. The van der Waals surface area contributed by atoms with Crippen molar-refractivity contribution in [3.05, 3.63) is 35.1 Å². The highest BCUT2D eigenvalue weighted by molar-refractivity contribution is 9.12. The molecule has 0 amide bonds. The van der Waals surface area contributed by atoms with E-state index in [-0.39, 0.29) is 20.7 Å². The maximum absolute atomic E-state index is 5.90. The van der Waals surface area contributed by atoms with Crippen molar-refractivity contribution in [3.8, 4) is 0 Å². The molecule has 0 N–H and O–H groups in total. The van der Waals surface area contributed by atoms with Crippen LogP contribution in [0.25, 0.3) is 0 Å². The predicted octanol–water partition coefficient (Wildman–Crippen LogP) is 6.10. The van der Waals surface area contributed by atoms with Crippen LogP contribution in [0.4, 0.5) is 0 Å². The van der Waals surface area contributed by atoms with Crippen LogP contribution in [-0.4, -0.2) is 9.84 Å². The van der Waals surface area contributed by atoms with E-state index in [1.165, 1.54) is 24.0 Å². The second-order valence-corrected chi connectivity index (χ2v) is 9.10. The summed E-state index contributed by atoms with van der Waals surface area (Å²) in [7, 11) is 0. The molecule has 112 valence electrons. The number of alkyl halides is 2. The molecule has 0 aromatic heterocycles. The molecule has 2 unspecified atom stereocenters. The molecular weight excluding hydrogens is 380 g/mol. The second kappa shape index (κ2) is 5.31. The molecule has 2 rings (SSSR count). The number of allylic oxidation sites excluding steroid dienone is 4. The van der Waals surface area contributed by atoms with Gasteiger partial charge >= 0.3 is 0 Å². The van der Waals surface area contributed by atoms with E-state index in [1.54, 1.807) is 0 Å². The van der Waals surface area contributed by atoms with E-state index in [0.717, 1.165) is 11.3 Å². The minimum Gasteiger partial charge on any atom is -0.477 e. The minimum atomic E-state index is -0.0260. The topological polar surface area (TPSA) is 9.23 Å². The predicted molar refractivity (Wildman–Crippen MR) is 93.2 cm³/mol. The first-order valence-electron chi connectivity index (χ1n) is 7.14. The Bertz CT molecular complexity index is 497. The lowest BCUT2D eigenvalue weighted by Gasteiger charge is -2.42. The van der Waals surface area contributed by atoms with Crippen LogP contribution in [0.15, 0.2) is 35.1 Å². The van der Waals surface area contributed by atoms with Gasteiger partial charge in [0.25, 0.3) is 0 Å². The van der Waals surface area contributed by atoms with Gasteiger partial charge in [0.15, 0.2) is 5.01 Å². The Morgan fingerprint density at radius 3 is 2.20 bits per heavy atom. The molecule has 1 aliphatic carbocycles. The van der Waals surface area contributed by atoms with Crippen LogP contribution in [-0.2, 0) is 4.74 Å². The molecule has 1 saturated heterocycles. The molecule has 1 nitrogen and oxygen atoms in total. The van der Waals surface area contributed by atoms with Crippen LogP contribution in [0.2, 0.25) is 0 Å². The monoisotopic (exact) mass is 402 g/mol. The molecule has 2 atom stereocenters. The third kappa shape index (κ3) is 2.81. The van der Waals surface area contributed by atoms with Crippen molar-refractivity contribution in [3.63, 3.8) is 0 Å². The lowest BCUT2D eigenvalue weighted by molar-refractivity contribution is 0.239. The van der Waals surface area contributed by atoms with Crippen molar-refractivity contribution in [2.75, 3.05) is 0 Å². The maximum Gasteiger partial charge on any atom is 0.169 e. The summed E-state index contributed by atoms with van der Waals surface area (Å²) in [5.74, 6) is 0.911. The van der Waals surface area contributed by atoms with Gasteiger partial charge in [-0.15, -0.1) is 0 Å². The molecular formula is C17H24Br2O.